The lowest BCUT2D eigenvalue weighted by Gasteiger charge is -2.13. The van der Waals surface area contributed by atoms with Crippen LogP contribution in [0.5, 0.6) is 0 Å². The smallest absolute Gasteiger partial charge is 0.416 e. The van der Waals surface area contributed by atoms with E-state index in [4.69, 9.17) is 16.6 Å². The van der Waals surface area contributed by atoms with Crippen molar-refractivity contribution in [2.75, 3.05) is 0 Å². The van der Waals surface area contributed by atoms with Gasteiger partial charge in [-0.1, -0.05) is 42.2 Å². The Morgan fingerprint density at radius 2 is 2.00 bits per heavy atom. The van der Waals surface area contributed by atoms with E-state index in [1.54, 1.807) is 36.7 Å². The minimum absolute atomic E-state index is 0.258. The van der Waals surface area contributed by atoms with Crippen molar-refractivity contribution in [1.29, 1.82) is 0 Å². The third-order valence-electron chi connectivity index (χ3n) is 4.31. The SMILES string of the molecule is O=C1C(=Cc2ccc(-c3cccc(C(F)(F)F)c3)o2)SC(=S)N1Cc1cccnc1. The number of furan rings is 1. The van der Waals surface area contributed by atoms with Crippen LogP contribution in [0, 0.1) is 0 Å². The summed E-state index contributed by atoms with van der Waals surface area (Å²) in [6, 6.07) is 11.7. The van der Waals surface area contributed by atoms with E-state index >= 15 is 0 Å². The fraction of sp³-hybridized carbons (Fsp3) is 0.0952. The van der Waals surface area contributed by atoms with E-state index in [1.807, 2.05) is 6.07 Å². The molecule has 0 radical (unpaired) electrons. The Morgan fingerprint density at radius 1 is 1.17 bits per heavy atom. The first kappa shape index (κ1) is 20.4. The molecule has 30 heavy (non-hydrogen) atoms. The van der Waals surface area contributed by atoms with Crippen LogP contribution in [-0.4, -0.2) is 20.1 Å². The minimum Gasteiger partial charge on any atom is -0.457 e. The highest BCUT2D eigenvalue weighted by atomic mass is 32.2. The lowest BCUT2D eigenvalue weighted by Crippen LogP contribution is -2.27. The molecule has 1 aromatic carbocycles. The zero-order chi connectivity index (χ0) is 21.3. The van der Waals surface area contributed by atoms with Crippen LogP contribution < -0.4 is 0 Å². The molecule has 1 saturated heterocycles. The quantitative estimate of drug-likeness (QED) is 0.377. The Labute approximate surface area is 179 Å². The van der Waals surface area contributed by atoms with E-state index in [0.29, 0.717) is 27.1 Å². The molecule has 1 amide bonds. The van der Waals surface area contributed by atoms with E-state index in [2.05, 4.69) is 4.98 Å². The summed E-state index contributed by atoms with van der Waals surface area (Å²) >= 11 is 6.46. The molecule has 0 bridgehead atoms. The number of carbonyl (C=O) groups excluding carboxylic acids is 1. The number of thiocarbonyl (C=S) groups is 1. The first-order valence-electron chi connectivity index (χ1n) is 8.73. The van der Waals surface area contributed by atoms with Gasteiger partial charge in [-0.2, -0.15) is 13.2 Å². The van der Waals surface area contributed by atoms with Crippen molar-refractivity contribution in [2.24, 2.45) is 0 Å². The number of halogens is 3. The van der Waals surface area contributed by atoms with E-state index < -0.39 is 11.7 Å². The highest BCUT2D eigenvalue weighted by Gasteiger charge is 2.33. The first-order valence-corrected chi connectivity index (χ1v) is 9.95. The van der Waals surface area contributed by atoms with Crippen molar-refractivity contribution >= 4 is 40.3 Å². The molecule has 0 unspecified atom stereocenters. The second kappa shape index (κ2) is 8.08. The highest BCUT2D eigenvalue weighted by molar-refractivity contribution is 8.26. The Balaban J connectivity index is 1.55. The van der Waals surface area contributed by atoms with E-state index in [-0.39, 0.29) is 11.7 Å². The van der Waals surface area contributed by atoms with Crippen LogP contribution in [-0.2, 0) is 17.5 Å². The standard InChI is InChI=1S/C21H13F3N2O2S2/c22-21(23,24)15-5-1-4-14(9-15)17-7-6-16(28-17)10-18-19(27)26(20(29)30-18)12-13-3-2-8-25-11-13/h1-11H,12H2. The van der Waals surface area contributed by atoms with Crippen LogP contribution in [0.15, 0.2) is 70.2 Å². The fourth-order valence-electron chi connectivity index (χ4n) is 2.87. The molecule has 0 atom stereocenters. The number of hydrogen-bond donors (Lipinski definition) is 0. The highest BCUT2D eigenvalue weighted by Crippen LogP contribution is 2.35. The van der Waals surface area contributed by atoms with Crippen molar-refractivity contribution in [3.8, 4) is 11.3 Å². The zero-order valence-electron chi connectivity index (χ0n) is 15.2. The molecule has 9 heteroatoms. The second-order valence-electron chi connectivity index (χ2n) is 6.41. The number of carbonyl (C=O) groups is 1. The van der Waals surface area contributed by atoms with Crippen molar-refractivity contribution in [3.63, 3.8) is 0 Å². The third kappa shape index (κ3) is 4.31. The number of alkyl halides is 3. The summed E-state index contributed by atoms with van der Waals surface area (Å²) in [6.45, 7) is 0.309. The molecule has 152 valence electrons. The number of rotatable bonds is 4. The van der Waals surface area contributed by atoms with E-state index in [0.717, 1.165) is 29.5 Å². The van der Waals surface area contributed by atoms with Crippen LogP contribution in [0.3, 0.4) is 0 Å². The van der Waals surface area contributed by atoms with Gasteiger partial charge < -0.3 is 4.42 Å². The van der Waals surface area contributed by atoms with Gasteiger partial charge >= 0.3 is 6.18 Å². The van der Waals surface area contributed by atoms with Gasteiger partial charge in [-0.15, -0.1) is 0 Å². The maximum atomic E-state index is 12.9. The van der Waals surface area contributed by atoms with E-state index in [9.17, 15) is 18.0 Å². The van der Waals surface area contributed by atoms with Gasteiger partial charge in [0.25, 0.3) is 5.91 Å². The van der Waals surface area contributed by atoms with Gasteiger partial charge in [0.05, 0.1) is 17.0 Å². The van der Waals surface area contributed by atoms with Gasteiger partial charge in [-0.25, -0.2) is 0 Å². The molecule has 0 aliphatic carbocycles. The summed E-state index contributed by atoms with van der Waals surface area (Å²) in [6.07, 6.45) is 0.413. The maximum absolute atomic E-state index is 12.9. The van der Waals surface area contributed by atoms with Gasteiger partial charge in [0.15, 0.2) is 0 Å². The number of hydrogen-bond acceptors (Lipinski definition) is 5. The molecule has 1 aliphatic rings. The summed E-state index contributed by atoms with van der Waals surface area (Å²) in [4.78, 5) is 18.6. The summed E-state index contributed by atoms with van der Waals surface area (Å²) in [7, 11) is 0. The Morgan fingerprint density at radius 3 is 2.73 bits per heavy atom. The molecule has 3 heterocycles. The van der Waals surface area contributed by atoms with Crippen LogP contribution in [0.4, 0.5) is 13.2 Å². The normalized spacial score (nSPS) is 16.0. The summed E-state index contributed by atoms with van der Waals surface area (Å²) < 4.78 is 44.9. The van der Waals surface area contributed by atoms with Crippen LogP contribution in [0.1, 0.15) is 16.9 Å². The Hall–Kier alpha value is -2.91. The van der Waals surface area contributed by atoms with Crippen LogP contribution in [0.2, 0.25) is 0 Å². The number of aromatic nitrogens is 1. The number of pyridine rings is 1. The summed E-state index contributed by atoms with van der Waals surface area (Å²) in [5.74, 6) is 0.369. The average Bonchev–Trinajstić information content (AvgIpc) is 3.29. The minimum atomic E-state index is -4.44. The molecule has 1 fully saturated rings. The van der Waals surface area contributed by atoms with Crippen molar-refractivity contribution in [1.82, 2.24) is 9.88 Å². The lowest BCUT2D eigenvalue weighted by atomic mass is 10.1. The van der Waals surface area contributed by atoms with Crippen LogP contribution >= 0.6 is 24.0 Å². The van der Waals surface area contributed by atoms with Gasteiger partial charge in [0.2, 0.25) is 0 Å². The second-order valence-corrected chi connectivity index (χ2v) is 8.09. The number of thioether (sulfide) groups is 1. The number of amides is 1. The van der Waals surface area contributed by atoms with Crippen molar-refractivity contribution < 1.29 is 22.4 Å². The zero-order valence-corrected chi connectivity index (χ0v) is 16.9. The van der Waals surface area contributed by atoms with E-state index in [1.165, 1.54) is 17.0 Å². The average molecular weight is 446 g/mol. The molecule has 0 saturated carbocycles. The summed E-state index contributed by atoms with van der Waals surface area (Å²) in [5, 5.41) is 0. The molecule has 3 aromatic rings. The molecule has 1 aliphatic heterocycles. The molecule has 2 aromatic heterocycles. The molecular formula is C21H13F3N2O2S2. The van der Waals surface area contributed by atoms with Gasteiger partial charge in [-0.3, -0.25) is 14.7 Å². The lowest BCUT2D eigenvalue weighted by molar-refractivity contribution is -0.137. The van der Waals surface area contributed by atoms with Crippen LogP contribution in [0.25, 0.3) is 17.4 Å². The largest absolute Gasteiger partial charge is 0.457 e. The van der Waals surface area contributed by atoms with Gasteiger partial charge in [-0.05, 0) is 35.9 Å². The van der Waals surface area contributed by atoms with Crippen molar-refractivity contribution in [2.45, 2.75) is 12.7 Å². The molecule has 4 nitrogen and oxygen atoms in total. The molecule has 0 N–H and O–H groups in total. The van der Waals surface area contributed by atoms with Crippen molar-refractivity contribution in [3.05, 3.63) is 82.7 Å². The number of nitrogens with zero attached hydrogens (tertiary/aromatic N) is 2. The molecule has 4 rings (SSSR count). The summed E-state index contributed by atoms with van der Waals surface area (Å²) in [5.41, 5.74) is 0.391. The fourth-order valence-corrected chi connectivity index (χ4v) is 4.11. The molecular weight excluding hydrogens is 433 g/mol. The van der Waals surface area contributed by atoms with Gasteiger partial charge in [0, 0.05) is 24.0 Å². The Bertz CT molecular complexity index is 1140. The monoisotopic (exact) mass is 446 g/mol. The third-order valence-corrected chi connectivity index (χ3v) is 5.69. The maximum Gasteiger partial charge on any atom is 0.416 e. The first-order chi connectivity index (χ1) is 14.3. The number of benzene rings is 1. The molecule has 0 spiro atoms. The predicted octanol–water partition coefficient (Wildman–Crippen LogP) is 5.76. The topological polar surface area (TPSA) is 46.3 Å². The van der Waals surface area contributed by atoms with Gasteiger partial charge in [0.1, 0.15) is 15.8 Å². The Kier molecular flexibility index (Phi) is 5.48. The predicted molar refractivity (Wildman–Crippen MR) is 112 cm³/mol.